The summed E-state index contributed by atoms with van der Waals surface area (Å²) < 4.78 is 6.66. The molecule has 0 saturated heterocycles. The maximum absolute atomic E-state index is 6.66. The third-order valence-corrected chi connectivity index (χ3v) is 6.58. The first kappa shape index (κ1) is 22.7. The fraction of sp³-hybridized carbons (Fsp3) is 0.826. The van der Waals surface area contributed by atoms with E-state index in [1.165, 1.54) is 49.9 Å². The summed E-state index contributed by atoms with van der Waals surface area (Å²) in [5.41, 5.74) is 0. The molecule has 1 nitrogen and oxygen atoms in total. The highest BCUT2D eigenvalue weighted by molar-refractivity contribution is 8.02. The van der Waals surface area contributed by atoms with E-state index in [1.807, 2.05) is 11.8 Å². The number of allylic oxidation sites excluding steroid dienone is 2. The van der Waals surface area contributed by atoms with E-state index in [0.717, 1.165) is 11.7 Å². The Labute approximate surface area is 162 Å². The molecule has 0 spiro atoms. The smallest absolute Gasteiger partial charge is 0.128 e. The van der Waals surface area contributed by atoms with Gasteiger partial charge in [-0.3, -0.25) is 0 Å². The van der Waals surface area contributed by atoms with Crippen LogP contribution in [0.25, 0.3) is 0 Å². The molecule has 0 bridgehead atoms. The number of rotatable bonds is 10. The van der Waals surface area contributed by atoms with Crippen molar-refractivity contribution in [2.45, 2.75) is 92.6 Å². The molecule has 4 atom stereocenters. The van der Waals surface area contributed by atoms with Crippen LogP contribution in [0.5, 0.6) is 0 Å². The maximum Gasteiger partial charge on any atom is 0.128 e. The first-order valence-corrected chi connectivity index (χ1v) is 11.8. The van der Waals surface area contributed by atoms with E-state index in [0.29, 0.717) is 23.9 Å². The van der Waals surface area contributed by atoms with Crippen molar-refractivity contribution >= 4 is 11.8 Å². The molecule has 1 rings (SSSR count). The van der Waals surface area contributed by atoms with Crippen LogP contribution in [-0.2, 0) is 4.74 Å². The van der Waals surface area contributed by atoms with Crippen molar-refractivity contribution in [2.24, 2.45) is 23.7 Å². The molecule has 0 unspecified atom stereocenters. The van der Waals surface area contributed by atoms with Gasteiger partial charge in [-0.2, -0.15) is 0 Å². The summed E-state index contributed by atoms with van der Waals surface area (Å²) >= 11 is 1.85. The second-order valence-corrected chi connectivity index (χ2v) is 9.03. The van der Waals surface area contributed by atoms with Crippen molar-refractivity contribution in [1.82, 2.24) is 0 Å². The monoisotopic (exact) mass is 366 g/mol. The van der Waals surface area contributed by atoms with Crippen LogP contribution in [-0.4, -0.2) is 12.4 Å². The number of unbranched alkanes of at least 4 members (excludes halogenated alkanes) is 1. The van der Waals surface area contributed by atoms with Gasteiger partial charge in [0.1, 0.15) is 11.9 Å². The van der Waals surface area contributed by atoms with E-state index in [4.69, 9.17) is 4.74 Å². The lowest BCUT2D eigenvalue weighted by molar-refractivity contribution is 0.00274. The molecular formula is C23H42OS. The standard InChI is InChI=1S/C23H42OS/c1-8-11-12-19(9-2)16-23(25-7)21(10-3)24-22-15-18(6)13-14-20(22)17(4)5/h10,16-20,22H,8-9,11-15H2,1-7H3/b21-10-,23-16-/t18-,19-,20+,22-/m1/s1. The highest BCUT2D eigenvalue weighted by atomic mass is 32.2. The zero-order valence-electron chi connectivity index (χ0n) is 17.8. The van der Waals surface area contributed by atoms with Crippen LogP contribution in [0.2, 0.25) is 0 Å². The molecule has 0 aromatic rings. The van der Waals surface area contributed by atoms with Gasteiger partial charge in [0.05, 0.1) is 0 Å². The van der Waals surface area contributed by atoms with Crippen molar-refractivity contribution in [3.8, 4) is 0 Å². The van der Waals surface area contributed by atoms with Crippen molar-refractivity contribution in [3.63, 3.8) is 0 Å². The first-order valence-electron chi connectivity index (χ1n) is 10.6. The summed E-state index contributed by atoms with van der Waals surface area (Å²) in [5, 5.41) is 0. The second kappa shape index (κ2) is 12.1. The Hall–Kier alpha value is -0.370. The molecule has 1 saturated carbocycles. The summed E-state index contributed by atoms with van der Waals surface area (Å²) in [6.07, 6.45) is 16.2. The number of hydrogen-bond acceptors (Lipinski definition) is 2. The van der Waals surface area contributed by atoms with Crippen molar-refractivity contribution < 1.29 is 4.74 Å². The molecule has 0 aromatic heterocycles. The number of thioether (sulfide) groups is 1. The molecule has 1 fully saturated rings. The van der Waals surface area contributed by atoms with E-state index in [9.17, 15) is 0 Å². The minimum atomic E-state index is 0.376. The summed E-state index contributed by atoms with van der Waals surface area (Å²) in [5.74, 6) is 3.97. The Balaban J connectivity index is 2.89. The van der Waals surface area contributed by atoms with E-state index in [1.54, 1.807) is 0 Å². The lowest BCUT2D eigenvalue weighted by atomic mass is 9.75. The second-order valence-electron chi connectivity index (χ2n) is 8.18. The highest BCUT2D eigenvalue weighted by Crippen LogP contribution is 2.38. The molecule has 25 heavy (non-hydrogen) atoms. The predicted molar refractivity (Wildman–Crippen MR) is 115 cm³/mol. The van der Waals surface area contributed by atoms with Crippen molar-refractivity contribution in [3.05, 3.63) is 22.8 Å². The Kier molecular flexibility index (Phi) is 11.0. The molecule has 146 valence electrons. The topological polar surface area (TPSA) is 9.23 Å². The van der Waals surface area contributed by atoms with Crippen LogP contribution in [0.15, 0.2) is 22.8 Å². The molecule has 1 aliphatic carbocycles. The summed E-state index contributed by atoms with van der Waals surface area (Å²) in [6.45, 7) is 13.8. The van der Waals surface area contributed by atoms with Gasteiger partial charge in [-0.15, -0.1) is 11.8 Å². The number of hydrogen-bond donors (Lipinski definition) is 0. The first-order chi connectivity index (χ1) is 12.0. The van der Waals surface area contributed by atoms with Gasteiger partial charge in [0.2, 0.25) is 0 Å². The van der Waals surface area contributed by atoms with E-state index >= 15 is 0 Å². The highest BCUT2D eigenvalue weighted by Gasteiger charge is 2.33. The number of ether oxygens (including phenoxy) is 1. The molecule has 2 heteroatoms. The van der Waals surface area contributed by atoms with Crippen molar-refractivity contribution in [2.75, 3.05) is 6.26 Å². The normalized spacial score (nSPS) is 26.8. The van der Waals surface area contributed by atoms with Gasteiger partial charge in [-0.05, 0) is 68.6 Å². The zero-order chi connectivity index (χ0) is 18.8. The van der Waals surface area contributed by atoms with Gasteiger partial charge in [0.25, 0.3) is 0 Å². The molecule has 0 aromatic carbocycles. The van der Waals surface area contributed by atoms with Crippen molar-refractivity contribution in [1.29, 1.82) is 0 Å². The third kappa shape index (κ3) is 7.41. The minimum Gasteiger partial charge on any atom is -0.489 e. The largest absolute Gasteiger partial charge is 0.489 e. The Morgan fingerprint density at radius 1 is 1.24 bits per heavy atom. The molecule has 0 N–H and O–H groups in total. The average Bonchev–Trinajstić information content (AvgIpc) is 2.60. The maximum atomic E-state index is 6.66. The SMILES string of the molecule is C/C=C(O[C@@H]1C[C@H](C)CC[C@H]1C(C)C)/C(=C/[C@H](CC)CCCC)SC. The quantitative estimate of drug-likeness (QED) is 0.288. The lowest BCUT2D eigenvalue weighted by Crippen LogP contribution is -2.34. The summed E-state index contributed by atoms with van der Waals surface area (Å²) in [4.78, 5) is 1.34. The van der Waals surface area contributed by atoms with Crippen LogP contribution in [0.3, 0.4) is 0 Å². The third-order valence-electron chi connectivity index (χ3n) is 5.80. The van der Waals surface area contributed by atoms with Gasteiger partial charge < -0.3 is 4.74 Å². The van der Waals surface area contributed by atoms with Gasteiger partial charge in [-0.25, -0.2) is 0 Å². The Bertz CT molecular complexity index is 424. The average molecular weight is 367 g/mol. The van der Waals surface area contributed by atoms with Gasteiger partial charge in [0.15, 0.2) is 0 Å². The Morgan fingerprint density at radius 2 is 1.96 bits per heavy atom. The summed E-state index contributed by atoms with van der Waals surface area (Å²) in [7, 11) is 0. The molecule has 0 radical (unpaired) electrons. The molecular weight excluding hydrogens is 324 g/mol. The van der Waals surface area contributed by atoms with E-state index in [2.05, 4.69) is 60.0 Å². The van der Waals surface area contributed by atoms with Gasteiger partial charge in [-0.1, -0.05) is 60.0 Å². The fourth-order valence-corrected chi connectivity index (χ4v) is 4.71. The van der Waals surface area contributed by atoms with Crippen LogP contribution in [0.4, 0.5) is 0 Å². The molecule has 0 aliphatic heterocycles. The van der Waals surface area contributed by atoms with E-state index in [-0.39, 0.29) is 0 Å². The van der Waals surface area contributed by atoms with Crippen LogP contribution in [0, 0.1) is 23.7 Å². The molecule has 1 aliphatic rings. The van der Waals surface area contributed by atoms with Crippen LogP contribution < -0.4 is 0 Å². The molecule has 0 amide bonds. The summed E-state index contributed by atoms with van der Waals surface area (Å²) in [6, 6.07) is 0. The van der Waals surface area contributed by atoms with E-state index < -0.39 is 0 Å². The lowest BCUT2D eigenvalue weighted by Gasteiger charge is -2.38. The van der Waals surface area contributed by atoms with Crippen LogP contribution >= 0.6 is 11.8 Å². The van der Waals surface area contributed by atoms with Gasteiger partial charge in [0, 0.05) is 4.91 Å². The molecule has 0 heterocycles. The Morgan fingerprint density at radius 3 is 2.48 bits per heavy atom. The fourth-order valence-electron chi connectivity index (χ4n) is 4.02. The predicted octanol–water partition coefficient (Wildman–Crippen LogP) is 7.83. The minimum absolute atomic E-state index is 0.376. The zero-order valence-corrected chi connectivity index (χ0v) is 18.6. The van der Waals surface area contributed by atoms with Gasteiger partial charge >= 0.3 is 0 Å². The van der Waals surface area contributed by atoms with Crippen LogP contribution in [0.1, 0.15) is 86.5 Å².